The molecule has 0 atom stereocenters. The van der Waals surface area contributed by atoms with E-state index >= 15 is 0 Å². The average molecular weight is 188 g/mol. The van der Waals surface area contributed by atoms with Gasteiger partial charge < -0.3 is 11.1 Å². The number of carbonyl (C=O) groups is 1. The molecule has 66 valence electrons. The minimum Gasteiger partial charge on any atom is -0.369 e. The van der Waals surface area contributed by atoms with E-state index < -0.39 is 0 Å². The second-order valence-corrected chi connectivity index (χ2v) is 2.12. The van der Waals surface area contributed by atoms with Gasteiger partial charge in [0.2, 0.25) is 5.91 Å². The lowest BCUT2D eigenvalue weighted by atomic mass is 10.2. The van der Waals surface area contributed by atoms with Crippen molar-refractivity contribution in [2.24, 2.45) is 10.7 Å². The van der Waals surface area contributed by atoms with Crippen LogP contribution in [0.1, 0.15) is 6.42 Å². The van der Waals surface area contributed by atoms with Gasteiger partial charge in [0.25, 0.3) is 0 Å². The molecule has 1 aliphatic heterocycles. The van der Waals surface area contributed by atoms with E-state index in [-0.39, 0.29) is 24.7 Å². The molecular weight excluding hydrogens is 178 g/mol. The van der Waals surface area contributed by atoms with E-state index in [9.17, 15) is 4.79 Å². The van der Waals surface area contributed by atoms with Gasteiger partial charge in [0, 0.05) is 12.4 Å². The van der Waals surface area contributed by atoms with Crippen LogP contribution in [0.2, 0.25) is 0 Å². The summed E-state index contributed by atoms with van der Waals surface area (Å²) in [5.74, 6) is -0.343. The average Bonchev–Trinajstić information content (AvgIpc) is 2.14. The maximum absolute atomic E-state index is 10.5. The quantitative estimate of drug-likeness (QED) is 0.654. The third-order valence-electron chi connectivity index (χ3n) is 1.17. The van der Waals surface area contributed by atoms with Crippen molar-refractivity contribution >= 4 is 24.7 Å². The summed E-state index contributed by atoms with van der Waals surface area (Å²) in [5, 5.41) is 2.78. The number of amides is 1. The zero-order chi connectivity index (χ0) is 8.10. The smallest absolute Gasteiger partial charge is 0.221 e. The first-order chi connectivity index (χ1) is 5.29. The third-order valence-corrected chi connectivity index (χ3v) is 1.17. The zero-order valence-electron chi connectivity index (χ0n) is 6.36. The van der Waals surface area contributed by atoms with Crippen LogP contribution in [0.5, 0.6) is 0 Å². The summed E-state index contributed by atoms with van der Waals surface area (Å²) < 4.78 is 0. The van der Waals surface area contributed by atoms with Gasteiger partial charge >= 0.3 is 0 Å². The Morgan fingerprint density at radius 3 is 3.08 bits per heavy atom. The normalized spacial score (nSPS) is 13.8. The lowest BCUT2D eigenvalue weighted by Crippen LogP contribution is -2.11. The Morgan fingerprint density at radius 2 is 2.42 bits per heavy atom. The molecule has 0 unspecified atom stereocenters. The first-order valence-electron chi connectivity index (χ1n) is 3.20. The van der Waals surface area contributed by atoms with Crippen molar-refractivity contribution in [1.82, 2.24) is 5.32 Å². The molecule has 5 heteroatoms. The number of nitrogens with two attached hydrogens (primary N) is 1. The van der Waals surface area contributed by atoms with Crippen LogP contribution in [0, 0.1) is 0 Å². The van der Waals surface area contributed by atoms with Crippen LogP contribution < -0.4 is 11.1 Å². The summed E-state index contributed by atoms with van der Waals surface area (Å²) in [5.41, 5.74) is 5.82. The Kier molecular flexibility index (Phi) is 4.79. The Bertz CT molecular complexity index is 245. The van der Waals surface area contributed by atoms with Gasteiger partial charge in [-0.2, -0.15) is 0 Å². The van der Waals surface area contributed by atoms with Gasteiger partial charge in [-0.25, -0.2) is 4.99 Å². The van der Waals surface area contributed by atoms with E-state index in [0.29, 0.717) is 0 Å². The highest BCUT2D eigenvalue weighted by Gasteiger charge is 1.98. The molecule has 0 aliphatic carbocycles. The predicted octanol–water partition coefficient (Wildman–Crippen LogP) is 0.313. The number of rotatable bonds is 2. The maximum Gasteiger partial charge on any atom is 0.221 e. The molecule has 12 heavy (non-hydrogen) atoms. The molecule has 0 fully saturated rings. The molecule has 1 heterocycles. The van der Waals surface area contributed by atoms with Crippen LogP contribution in [-0.4, -0.2) is 12.2 Å². The number of hydrogen-bond acceptors (Lipinski definition) is 3. The molecule has 1 amide bonds. The number of nitrogens with one attached hydrogen (secondary N) is 1. The molecule has 4 nitrogen and oxygen atoms in total. The van der Waals surface area contributed by atoms with Gasteiger partial charge in [0.1, 0.15) is 0 Å². The number of hydrogen-bond donors (Lipinski definition) is 2. The van der Waals surface area contributed by atoms with Crippen molar-refractivity contribution < 1.29 is 4.79 Å². The van der Waals surface area contributed by atoms with Crippen molar-refractivity contribution in [1.29, 1.82) is 0 Å². The first-order valence-corrected chi connectivity index (χ1v) is 3.20. The highest BCUT2D eigenvalue weighted by atomic mass is 35.5. The number of primary amides is 1. The predicted molar refractivity (Wildman–Crippen MR) is 49.9 cm³/mol. The summed E-state index contributed by atoms with van der Waals surface area (Å²) in [7, 11) is 0. The molecule has 0 aromatic heterocycles. The number of aliphatic imine (C=N–C) groups is 1. The monoisotopic (exact) mass is 187 g/mol. The molecule has 0 radical (unpaired) electrons. The van der Waals surface area contributed by atoms with E-state index in [1.54, 1.807) is 18.5 Å². The molecule has 3 N–H and O–H groups in total. The van der Waals surface area contributed by atoms with E-state index in [2.05, 4.69) is 10.3 Å². The molecular formula is C7H10ClN3O. The summed E-state index contributed by atoms with van der Waals surface area (Å²) in [4.78, 5) is 14.3. The van der Waals surface area contributed by atoms with Crippen molar-refractivity contribution in [3.63, 3.8) is 0 Å². The topological polar surface area (TPSA) is 67.5 Å². The Hall–Kier alpha value is -1.29. The number of halogens is 1. The second-order valence-electron chi connectivity index (χ2n) is 2.12. The van der Waals surface area contributed by atoms with Crippen molar-refractivity contribution in [2.75, 3.05) is 0 Å². The van der Waals surface area contributed by atoms with Gasteiger partial charge in [-0.05, 0) is 11.6 Å². The van der Waals surface area contributed by atoms with Gasteiger partial charge in [-0.3, -0.25) is 4.79 Å². The molecule has 0 saturated carbocycles. The molecule has 1 aliphatic rings. The fourth-order valence-corrected chi connectivity index (χ4v) is 0.728. The number of allylic oxidation sites excluding steroid dienone is 1. The van der Waals surface area contributed by atoms with Gasteiger partial charge in [0.05, 0.1) is 12.8 Å². The number of nitrogens with zero attached hydrogens (tertiary/aromatic N) is 1. The fraction of sp³-hybridized carbons (Fsp3) is 0.143. The summed E-state index contributed by atoms with van der Waals surface area (Å²) in [6.45, 7) is 0. The van der Waals surface area contributed by atoms with E-state index in [0.717, 1.165) is 5.57 Å². The summed E-state index contributed by atoms with van der Waals surface area (Å²) >= 11 is 0. The maximum atomic E-state index is 10.5. The van der Waals surface area contributed by atoms with Crippen molar-refractivity contribution in [3.8, 4) is 0 Å². The van der Waals surface area contributed by atoms with Crippen molar-refractivity contribution in [2.45, 2.75) is 6.42 Å². The van der Waals surface area contributed by atoms with Crippen LogP contribution in [0.15, 0.2) is 29.0 Å². The SMILES string of the molecule is Cl.NC(=O)CC1=CNC=NC=C1. The lowest BCUT2D eigenvalue weighted by Gasteiger charge is -1.94. The van der Waals surface area contributed by atoms with Crippen LogP contribution in [0.4, 0.5) is 0 Å². The summed E-state index contributed by atoms with van der Waals surface area (Å²) in [6, 6.07) is 0. The van der Waals surface area contributed by atoms with E-state index in [1.807, 2.05) is 0 Å². The van der Waals surface area contributed by atoms with Crippen LogP contribution in [0.3, 0.4) is 0 Å². The van der Waals surface area contributed by atoms with Gasteiger partial charge in [-0.1, -0.05) is 0 Å². The van der Waals surface area contributed by atoms with E-state index in [1.165, 1.54) is 6.34 Å². The Morgan fingerprint density at radius 1 is 1.67 bits per heavy atom. The van der Waals surface area contributed by atoms with E-state index in [4.69, 9.17) is 5.73 Å². The van der Waals surface area contributed by atoms with Crippen LogP contribution in [0.25, 0.3) is 0 Å². The minimum atomic E-state index is -0.343. The molecule has 0 bridgehead atoms. The second kappa shape index (κ2) is 5.37. The third kappa shape index (κ3) is 3.78. The largest absolute Gasteiger partial charge is 0.369 e. The van der Waals surface area contributed by atoms with Crippen molar-refractivity contribution in [3.05, 3.63) is 24.0 Å². The summed E-state index contributed by atoms with van der Waals surface area (Å²) in [6.07, 6.45) is 6.81. The first kappa shape index (κ1) is 10.7. The Labute approximate surface area is 76.6 Å². The molecule has 0 spiro atoms. The van der Waals surface area contributed by atoms with Crippen LogP contribution >= 0.6 is 12.4 Å². The van der Waals surface area contributed by atoms with Gasteiger partial charge in [-0.15, -0.1) is 12.4 Å². The highest BCUT2D eigenvalue weighted by molar-refractivity contribution is 5.85. The molecule has 1 rings (SSSR count). The van der Waals surface area contributed by atoms with Gasteiger partial charge in [0.15, 0.2) is 0 Å². The lowest BCUT2D eigenvalue weighted by molar-refractivity contribution is -0.117. The zero-order valence-corrected chi connectivity index (χ0v) is 7.17. The van der Waals surface area contributed by atoms with Crippen LogP contribution in [-0.2, 0) is 4.79 Å². The minimum absolute atomic E-state index is 0. The fourth-order valence-electron chi connectivity index (χ4n) is 0.728. The molecule has 0 aromatic carbocycles. The highest BCUT2D eigenvalue weighted by Crippen LogP contribution is 2.02. The number of carbonyl (C=O) groups excluding carboxylic acids is 1. The molecule has 0 aromatic rings. The standard InChI is InChI=1S/C7H9N3O.ClH/c8-7(11)3-6-1-2-9-5-10-4-6;/h1-2,4-5H,3H2,(H2,8,11)(H,9,10);1H. The molecule has 0 saturated heterocycles. The Balaban J connectivity index is 0.00000121.